The zero-order valence-corrected chi connectivity index (χ0v) is 5.57. The second-order valence-electron chi connectivity index (χ2n) is 3.26. The molecule has 0 spiro atoms. The van der Waals surface area contributed by atoms with Gasteiger partial charge >= 0.3 is 0 Å². The summed E-state index contributed by atoms with van der Waals surface area (Å²) in [6.07, 6.45) is 1.50. The van der Waals surface area contributed by atoms with Crippen molar-refractivity contribution in [2.45, 2.75) is 25.8 Å². The van der Waals surface area contributed by atoms with E-state index < -0.39 is 0 Å². The van der Waals surface area contributed by atoms with Gasteiger partial charge in [-0.2, -0.15) is 0 Å². The Labute approximate surface area is 50.5 Å². The van der Waals surface area contributed by atoms with Crippen LogP contribution in [-0.4, -0.2) is 12.1 Å². The van der Waals surface area contributed by atoms with E-state index in [1.54, 1.807) is 0 Å². The minimum absolute atomic E-state index is 0.606. The molecule has 2 aliphatic carbocycles. The van der Waals surface area contributed by atoms with Crippen LogP contribution in [0.5, 0.6) is 0 Å². The SMILES string of the molecule is CCNC1(C)C2CC21. The Morgan fingerprint density at radius 2 is 2.25 bits per heavy atom. The topological polar surface area (TPSA) is 12.0 Å². The summed E-state index contributed by atoms with van der Waals surface area (Å²) in [5.41, 5.74) is 0.606. The molecule has 2 fully saturated rings. The molecule has 0 aliphatic heterocycles. The van der Waals surface area contributed by atoms with Gasteiger partial charge in [-0.3, -0.25) is 0 Å². The lowest BCUT2D eigenvalue weighted by Gasteiger charge is -2.16. The lowest BCUT2D eigenvalue weighted by atomic mass is 10.1. The van der Waals surface area contributed by atoms with Crippen LogP contribution in [0.25, 0.3) is 0 Å². The number of nitrogens with one attached hydrogen (secondary N) is 1. The molecule has 2 rings (SSSR count). The van der Waals surface area contributed by atoms with E-state index in [0.29, 0.717) is 5.54 Å². The largest absolute Gasteiger partial charge is 0.311 e. The van der Waals surface area contributed by atoms with Crippen molar-refractivity contribution in [2.75, 3.05) is 6.54 Å². The third-order valence-electron chi connectivity index (χ3n) is 2.78. The first kappa shape index (κ1) is 4.80. The number of rotatable bonds is 2. The van der Waals surface area contributed by atoms with Crippen molar-refractivity contribution in [3.8, 4) is 0 Å². The molecule has 0 aromatic heterocycles. The van der Waals surface area contributed by atoms with E-state index in [-0.39, 0.29) is 0 Å². The number of hydrogen-bond acceptors (Lipinski definition) is 1. The van der Waals surface area contributed by atoms with Crippen molar-refractivity contribution in [1.29, 1.82) is 0 Å². The van der Waals surface area contributed by atoms with Gasteiger partial charge in [0.15, 0.2) is 0 Å². The van der Waals surface area contributed by atoms with Crippen LogP contribution in [-0.2, 0) is 0 Å². The third-order valence-corrected chi connectivity index (χ3v) is 2.78. The third kappa shape index (κ3) is 0.368. The smallest absolute Gasteiger partial charge is 0.0216 e. The van der Waals surface area contributed by atoms with Gasteiger partial charge in [0.05, 0.1) is 0 Å². The first-order valence-electron chi connectivity index (χ1n) is 3.54. The summed E-state index contributed by atoms with van der Waals surface area (Å²) in [6, 6.07) is 0. The highest BCUT2D eigenvalue weighted by atomic mass is 15.1. The van der Waals surface area contributed by atoms with Gasteiger partial charge in [-0.05, 0) is 31.7 Å². The maximum Gasteiger partial charge on any atom is 0.0216 e. The highest BCUT2D eigenvalue weighted by Gasteiger charge is 2.73. The van der Waals surface area contributed by atoms with E-state index in [2.05, 4.69) is 19.2 Å². The van der Waals surface area contributed by atoms with Crippen molar-refractivity contribution < 1.29 is 0 Å². The van der Waals surface area contributed by atoms with Crippen molar-refractivity contribution >= 4 is 0 Å². The van der Waals surface area contributed by atoms with Crippen LogP contribution in [0.1, 0.15) is 20.3 Å². The van der Waals surface area contributed by atoms with Gasteiger partial charge in [0.1, 0.15) is 0 Å². The number of fused-ring (bicyclic) bond motifs is 1. The van der Waals surface area contributed by atoms with Gasteiger partial charge in [-0.1, -0.05) is 6.92 Å². The second kappa shape index (κ2) is 1.10. The normalized spacial score (nSPS) is 57.8. The monoisotopic (exact) mass is 111 g/mol. The van der Waals surface area contributed by atoms with E-state index in [1.165, 1.54) is 6.42 Å². The number of hydrogen-bond donors (Lipinski definition) is 1. The molecule has 2 aliphatic rings. The molecule has 0 bridgehead atoms. The van der Waals surface area contributed by atoms with Crippen LogP contribution in [0, 0.1) is 11.8 Å². The van der Waals surface area contributed by atoms with Crippen molar-refractivity contribution in [3.63, 3.8) is 0 Å². The molecule has 8 heavy (non-hydrogen) atoms. The quantitative estimate of drug-likeness (QED) is 0.560. The molecule has 1 N–H and O–H groups in total. The van der Waals surface area contributed by atoms with E-state index in [4.69, 9.17) is 0 Å². The highest BCUT2D eigenvalue weighted by Crippen LogP contribution is 2.70. The van der Waals surface area contributed by atoms with Crippen molar-refractivity contribution in [3.05, 3.63) is 0 Å². The first-order valence-corrected chi connectivity index (χ1v) is 3.54. The van der Waals surface area contributed by atoms with Crippen LogP contribution in [0.15, 0.2) is 0 Å². The van der Waals surface area contributed by atoms with Gasteiger partial charge in [0.2, 0.25) is 0 Å². The van der Waals surface area contributed by atoms with E-state index in [9.17, 15) is 0 Å². The Morgan fingerprint density at radius 1 is 1.62 bits per heavy atom. The molecule has 1 nitrogen and oxygen atoms in total. The Morgan fingerprint density at radius 3 is 2.38 bits per heavy atom. The molecule has 46 valence electrons. The molecule has 2 atom stereocenters. The molecular weight excluding hydrogens is 98.1 g/mol. The average molecular weight is 111 g/mol. The summed E-state index contributed by atoms with van der Waals surface area (Å²) in [7, 11) is 0. The maximum absolute atomic E-state index is 3.50. The Kier molecular flexibility index (Phi) is 0.663. The lowest BCUT2D eigenvalue weighted by Crippen LogP contribution is -2.34. The van der Waals surface area contributed by atoms with Crippen molar-refractivity contribution in [2.24, 2.45) is 11.8 Å². The Hall–Kier alpha value is -0.0400. The summed E-state index contributed by atoms with van der Waals surface area (Å²) in [5.74, 6) is 2.14. The fourth-order valence-corrected chi connectivity index (χ4v) is 1.87. The van der Waals surface area contributed by atoms with Crippen LogP contribution in [0.2, 0.25) is 0 Å². The maximum atomic E-state index is 3.50. The second-order valence-corrected chi connectivity index (χ2v) is 3.26. The fourth-order valence-electron chi connectivity index (χ4n) is 1.87. The Bertz CT molecular complexity index is 112. The average Bonchev–Trinajstić information content (AvgIpc) is 2.50. The van der Waals surface area contributed by atoms with E-state index >= 15 is 0 Å². The minimum Gasteiger partial charge on any atom is -0.311 e. The summed E-state index contributed by atoms with van der Waals surface area (Å²) >= 11 is 0. The zero-order chi connectivity index (χ0) is 5.78. The molecule has 1 heteroatoms. The molecule has 0 aromatic rings. The van der Waals surface area contributed by atoms with Crippen LogP contribution in [0.4, 0.5) is 0 Å². The van der Waals surface area contributed by atoms with Crippen molar-refractivity contribution in [1.82, 2.24) is 5.32 Å². The highest BCUT2D eigenvalue weighted by molar-refractivity contribution is 5.27. The summed E-state index contributed by atoms with van der Waals surface area (Å²) in [4.78, 5) is 0. The van der Waals surface area contributed by atoms with Gasteiger partial charge in [-0.15, -0.1) is 0 Å². The summed E-state index contributed by atoms with van der Waals surface area (Å²) in [6.45, 7) is 5.67. The lowest BCUT2D eigenvalue weighted by molar-refractivity contribution is 0.433. The molecule has 0 heterocycles. The molecular formula is C7H13N. The summed E-state index contributed by atoms with van der Waals surface area (Å²) in [5, 5.41) is 3.50. The minimum atomic E-state index is 0.606. The Balaban J connectivity index is 1.89. The van der Waals surface area contributed by atoms with E-state index in [0.717, 1.165) is 18.4 Å². The summed E-state index contributed by atoms with van der Waals surface area (Å²) < 4.78 is 0. The van der Waals surface area contributed by atoms with E-state index in [1.807, 2.05) is 0 Å². The van der Waals surface area contributed by atoms with Gasteiger partial charge in [0.25, 0.3) is 0 Å². The van der Waals surface area contributed by atoms with Crippen LogP contribution < -0.4 is 5.32 Å². The molecule has 0 aromatic carbocycles. The van der Waals surface area contributed by atoms with Gasteiger partial charge in [-0.25, -0.2) is 0 Å². The predicted molar refractivity (Wildman–Crippen MR) is 33.7 cm³/mol. The fraction of sp³-hybridized carbons (Fsp3) is 1.00. The van der Waals surface area contributed by atoms with Gasteiger partial charge in [0, 0.05) is 5.54 Å². The first-order chi connectivity index (χ1) is 3.79. The molecule has 0 amide bonds. The van der Waals surface area contributed by atoms with Crippen LogP contribution in [0.3, 0.4) is 0 Å². The van der Waals surface area contributed by atoms with Crippen LogP contribution >= 0.6 is 0 Å². The molecule has 2 unspecified atom stereocenters. The zero-order valence-electron chi connectivity index (χ0n) is 5.57. The molecule has 0 radical (unpaired) electrons. The molecule has 0 saturated heterocycles. The predicted octanol–water partition coefficient (Wildman–Crippen LogP) is 1.00. The standard InChI is InChI=1S/C7H13N/c1-3-8-7(2)5-4-6(5)7/h5-6,8H,3-4H2,1-2H3. The van der Waals surface area contributed by atoms with Gasteiger partial charge < -0.3 is 5.32 Å². The molecule has 2 saturated carbocycles.